The summed E-state index contributed by atoms with van der Waals surface area (Å²) >= 11 is 0. The van der Waals surface area contributed by atoms with E-state index in [1.165, 1.54) is 0 Å². The first-order valence-corrected chi connectivity index (χ1v) is 6.97. The molecule has 1 saturated heterocycles. The number of urea groups is 1. The first-order chi connectivity index (χ1) is 10.1. The number of hydrogen-bond acceptors (Lipinski definition) is 3. The van der Waals surface area contributed by atoms with Crippen molar-refractivity contribution >= 4 is 17.7 Å². The number of nitrogens with one attached hydrogen (secondary N) is 1. The molecule has 0 spiro atoms. The van der Waals surface area contributed by atoms with Crippen LogP contribution in [-0.4, -0.2) is 48.8 Å². The van der Waals surface area contributed by atoms with Gasteiger partial charge in [-0.15, -0.1) is 0 Å². The average molecular weight is 292 g/mol. The van der Waals surface area contributed by atoms with Crippen molar-refractivity contribution in [1.29, 1.82) is 0 Å². The summed E-state index contributed by atoms with van der Waals surface area (Å²) in [6.45, 7) is 1.32. The van der Waals surface area contributed by atoms with Gasteiger partial charge in [0.1, 0.15) is 0 Å². The number of likely N-dealkylation sites (tertiary alicyclic amines) is 1. The third kappa shape index (κ3) is 3.95. The molecule has 2 N–H and O–H groups in total. The number of hydrogen-bond donors (Lipinski definition) is 2. The van der Waals surface area contributed by atoms with E-state index in [0.717, 1.165) is 11.3 Å². The van der Waals surface area contributed by atoms with Gasteiger partial charge in [0.2, 0.25) is 0 Å². The van der Waals surface area contributed by atoms with E-state index in [1.54, 1.807) is 12.0 Å². The Morgan fingerprint density at radius 2 is 2.19 bits per heavy atom. The minimum Gasteiger partial charge on any atom is -0.481 e. The number of rotatable bonds is 5. The number of carboxylic acid groups (broad SMARTS) is 1. The molecule has 6 nitrogen and oxygen atoms in total. The van der Waals surface area contributed by atoms with E-state index in [0.29, 0.717) is 26.0 Å². The number of ether oxygens (including phenoxy) is 1. The van der Waals surface area contributed by atoms with Crippen molar-refractivity contribution in [3.05, 3.63) is 29.8 Å². The largest absolute Gasteiger partial charge is 0.481 e. The number of amides is 2. The molecule has 2 amide bonds. The number of carbonyl (C=O) groups is 2. The fourth-order valence-electron chi connectivity index (χ4n) is 2.41. The van der Waals surface area contributed by atoms with Crippen LogP contribution in [0.2, 0.25) is 0 Å². The van der Waals surface area contributed by atoms with Crippen molar-refractivity contribution in [3.63, 3.8) is 0 Å². The Hall–Kier alpha value is -2.08. The summed E-state index contributed by atoms with van der Waals surface area (Å²) in [5.74, 6) is -1.30. The fraction of sp³-hybridized carbons (Fsp3) is 0.467. The number of benzene rings is 1. The average Bonchev–Trinajstić information content (AvgIpc) is 2.96. The fourth-order valence-corrected chi connectivity index (χ4v) is 2.41. The zero-order valence-electron chi connectivity index (χ0n) is 12.0. The molecule has 21 heavy (non-hydrogen) atoms. The minimum atomic E-state index is -0.842. The summed E-state index contributed by atoms with van der Waals surface area (Å²) in [5.41, 5.74) is 1.75. The Labute approximate surface area is 123 Å². The summed E-state index contributed by atoms with van der Waals surface area (Å²) in [6.07, 6.45) is 1.22. The minimum absolute atomic E-state index is 0.247. The van der Waals surface area contributed by atoms with E-state index >= 15 is 0 Å². The lowest BCUT2D eigenvalue weighted by molar-refractivity contribution is -0.141. The van der Waals surface area contributed by atoms with Crippen LogP contribution in [0.15, 0.2) is 24.3 Å². The SMILES string of the molecule is COCCc1ccccc1NC(=O)N1CCC(C(=O)O)C1. The Kier molecular flexibility index (Phi) is 5.16. The maximum Gasteiger partial charge on any atom is 0.321 e. The highest BCUT2D eigenvalue weighted by Crippen LogP contribution is 2.20. The molecule has 1 aromatic rings. The lowest BCUT2D eigenvalue weighted by atomic mass is 10.1. The van der Waals surface area contributed by atoms with Gasteiger partial charge in [-0.25, -0.2) is 4.79 Å². The smallest absolute Gasteiger partial charge is 0.321 e. The molecule has 1 heterocycles. The van der Waals surface area contributed by atoms with E-state index in [1.807, 2.05) is 24.3 Å². The van der Waals surface area contributed by atoms with E-state index in [9.17, 15) is 9.59 Å². The predicted molar refractivity (Wildman–Crippen MR) is 78.4 cm³/mol. The van der Waals surface area contributed by atoms with Crippen LogP contribution in [0.3, 0.4) is 0 Å². The van der Waals surface area contributed by atoms with E-state index in [2.05, 4.69) is 5.32 Å². The Morgan fingerprint density at radius 3 is 2.86 bits per heavy atom. The zero-order chi connectivity index (χ0) is 15.2. The van der Waals surface area contributed by atoms with Crippen molar-refractivity contribution in [2.75, 3.05) is 32.1 Å². The number of carbonyl (C=O) groups excluding carboxylic acids is 1. The molecule has 6 heteroatoms. The van der Waals surface area contributed by atoms with Crippen LogP contribution in [0.1, 0.15) is 12.0 Å². The molecule has 1 fully saturated rings. The molecular formula is C15H20N2O4. The van der Waals surface area contributed by atoms with E-state index < -0.39 is 11.9 Å². The molecule has 1 unspecified atom stereocenters. The molecule has 0 aliphatic carbocycles. The number of aliphatic carboxylic acids is 1. The third-order valence-electron chi connectivity index (χ3n) is 3.66. The van der Waals surface area contributed by atoms with Crippen LogP contribution in [0.5, 0.6) is 0 Å². The van der Waals surface area contributed by atoms with Gasteiger partial charge in [0.25, 0.3) is 0 Å². The number of para-hydroxylation sites is 1. The van der Waals surface area contributed by atoms with E-state index in [-0.39, 0.29) is 12.6 Å². The predicted octanol–water partition coefficient (Wildman–Crippen LogP) is 1.81. The lowest BCUT2D eigenvalue weighted by Crippen LogP contribution is -2.34. The Balaban J connectivity index is 1.98. The molecule has 0 radical (unpaired) electrons. The second-order valence-corrected chi connectivity index (χ2v) is 5.10. The molecule has 1 aromatic carbocycles. The number of anilines is 1. The maximum atomic E-state index is 12.2. The number of nitrogens with zero attached hydrogens (tertiary/aromatic N) is 1. The monoisotopic (exact) mass is 292 g/mol. The molecule has 2 rings (SSSR count). The topological polar surface area (TPSA) is 78.9 Å². The lowest BCUT2D eigenvalue weighted by Gasteiger charge is -2.18. The first kappa shape index (κ1) is 15.3. The molecule has 1 atom stereocenters. The molecule has 114 valence electrons. The molecular weight excluding hydrogens is 272 g/mol. The molecule has 0 bridgehead atoms. The number of carboxylic acids is 1. The summed E-state index contributed by atoms with van der Waals surface area (Å²) in [4.78, 5) is 24.7. The maximum absolute atomic E-state index is 12.2. The molecule has 0 aromatic heterocycles. The first-order valence-electron chi connectivity index (χ1n) is 6.97. The summed E-state index contributed by atoms with van der Waals surface area (Å²) in [6, 6.07) is 7.31. The summed E-state index contributed by atoms with van der Waals surface area (Å²) < 4.78 is 5.06. The van der Waals surface area contributed by atoms with Crippen molar-refractivity contribution in [2.24, 2.45) is 5.92 Å². The van der Waals surface area contributed by atoms with Gasteiger partial charge >= 0.3 is 12.0 Å². The van der Waals surface area contributed by atoms with Gasteiger partial charge in [-0.1, -0.05) is 18.2 Å². The van der Waals surface area contributed by atoms with Gasteiger partial charge in [0, 0.05) is 25.9 Å². The van der Waals surface area contributed by atoms with Crippen LogP contribution < -0.4 is 5.32 Å². The normalized spacial score (nSPS) is 17.8. The quantitative estimate of drug-likeness (QED) is 0.867. The van der Waals surface area contributed by atoms with Gasteiger partial charge in [0.05, 0.1) is 12.5 Å². The third-order valence-corrected chi connectivity index (χ3v) is 3.66. The second kappa shape index (κ2) is 7.08. The summed E-state index contributed by atoms with van der Waals surface area (Å²) in [7, 11) is 1.64. The van der Waals surface area contributed by atoms with Crippen molar-refractivity contribution in [2.45, 2.75) is 12.8 Å². The molecule has 0 saturated carbocycles. The van der Waals surface area contributed by atoms with Crippen LogP contribution in [0.25, 0.3) is 0 Å². The van der Waals surface area contributed by atoms with Gasteiger partial charge in [-0.05, 0) is 24.5 Å². The van der Waals surface area contributed by atoms with E-state index in [4.69, 9.17) is 9.84 Å². The van der Waals surface area contributed by atoms with Gasteiger partial charge in [-0.3, -0.25) is 4.79 Å². The highest BCUT2D eigenvalue weighted by Gasteiger charge is 2.30. The highest BCUT2D eigenvalue weighted by molar-refractivity contribution is 5.90. The van der Waals surface area contributed by atoms with Gasteiger partial charge in [0.15, 0.2) is 0 Å². The van der Waals surface area contributed by atoms with Gasteiger partial charge in [-0.2, -0.15) is 0 Å². The second-order valence-electron chi connectivity index (χ2n) is 5.10. The number of methoxy groups -OCH3 is 1. The zero-order valence-corrected chi connectivity index (χ0v) is 12.0. The van der Waals surface area contributed by atoms with Crippen molar-refractivity contribution in [1.82, 2.24) is 4.90 Å². The van der Waals surface area contributed by atoms with Gasteiger partial charge < -0.3 is 20.1 Å². The molecule has 1 aliphatic heterocycles. The van der Waals surface area contributed by atoms with Crippen LogP contribution in [0.4, 0.5) is 10.5 Å². The van der Waals surface area contributed by atoms with Crippen LogP contribution in [-0.2, 0) is 16.0 Å². The standard InChI is InChI=1S/C15H20N2O4/c1-21-9-7-11-4-2-3-5-13(11)16-15(20)17-8-6-12(10-17)14(18)19/h2-5,12H,6-10H2,1H3,(H,16,20)(H,18,19). The highest BCUT2D eigenvalue weighted by atomic mass is 16.5. The Morgan fingerprint density at radius 1 is 1.43 bits per heavy atom. The Bertz CT molecular complexity index is 518. The summed E-state index contributed by atoms with van der Waals surface area (Å²) in [5, 5.41) is 11.8. The van der Waals surface area contributed by atoms with Crippen molar-refractivity contribution in [3.8, 4) is 0 Å². The van der Waals surface area contributed by atoms with Crippen molar-refractivity contribution < 1.29 is 19.4 Å². The van der Waals surface area contributed by atoms with Crippen LogP contribution in [0, 0.1) is 5.92 Å². The van der Waals surface area contributed by atoms with Crippen LogP contribution >= 0.6 is 0 Å². The molecule has 1 aliphatic rings.